The summed E-state index contributed by atoms with van der Waals surface area (Å²) in [4.78, 5) is 23.7. The lowest BCUT2D eigenvalue weighted by Gasteiger charge is -2.16. The molecule has 120 valence electrons. The zero-order chi connectivity index (χ0) is 16.4. The predicted octanol–water partition coefficient (Wildman–Crippen LogP) is 2.49. The van der Waals surface area contributed by atoms with Crippen LogP contribution in [0.15, 0.2) is 16.6 Å². The molecule has 1 aliphatic heterocycles. The monoisotopic (exact) mass is 380 g/mol. The van der Waals surface area contributed by atoms with Crippen LogP contribution in [0.3, 0.4) is 0 Å². The van der Waals surface area contributed by atoms with E-state index in [1.54, 1.807) is 0 Å². The smallest absolute Gasteiger partial charge is 0.407 e. The van der Waals surface area contributed by atoms with Crippen LogP contribution in [-0.2, 0) is 6.67 Å². The number of carbonyl (C=O) groups is 2. The van der Waals surface area contributed by atoms with Gasteiger partial charge >= 0.3 is 6.09 Å². The number of carbonyl (C=O) groups excluding carboxylic acids is 1. The topological polar surface area (TPSA) is 69.6 Å². The second-order valence-electron chi connectivity index (χ2n) is 4.83. The molecule has 5 nitrogen and oxygen atoms in total. The Bertz CT molecular complexity index is 614. The van der Waals surface area contributed by atoms with E-state index in [1.165, 1.54) is 6.07 Å². The number of hydrogen-bond donors (Lipinski definition) is 2. The van der Waals surface area contributed by atoms with Crippen molar-refractivity contribution in [2.75, 3.05) is 13.1 Å². The van der Waals surface area contributed by atoms with Crippen LogP contribution in [0.5, 0.6) is 0 Å². The van der Waals surface area contributed by atoms with Crippen LogP contribution >= 0.6 is 15.9 Å². The van der Waals surface area contributed by atoms with E-state index in [-0.39, 0.29) is 23.1 Å². The van der Waals surface area contributed by atoms with Gasteiger partial charge in [0.05, 0.1) is 12.6 Å². The maximum atomic E-state index is 13.7. The van der Waals surface area contributed by atoms with Crippen LogP contribution in [-0.4, -0.2) is 47.3 Å². The summed E-state index contributed by atoms with van der Waals surface area (Å²) >= 11 is 3.00. The summed E-state index contributed by atoms with van der Waals surface area (Å²) in [6.07, 6.45) is -2.87. The molecule has 1 aromatic carbocycles. The third kappa shape index (κ3) is 3.34. The molecular formula is C13H12BrF3N2O3. The van der Waals surface area contributed by atoms with Gasteiger partial charge < -0.3 is 15.3 Å². The number of nitrogens with zero attached hydrogens (tertiary/aromatic N) is 1. The summed E-state index contributed by atoms with van der Waals surface area (Å²) < 4.78 is 40.5. The van der Waals surface area contributed by atoms with Gasteiger partial charge in [-0.05, 0) is 12.1 Å². The number of nitrogens with one attached hydrogen (secondary N) is 1. The number of amides is 2. The zero-order valence-electron chi connectivity index (χ0n) is 11.2. The van der Waals surface area contributed by atoms with Gasteiger partial charge in [0.15, 0.2) is 0 Å². The highest BCUT2D eigenvalue weighted by molar-refractivity contribution is 9.10. The molecule has 0 aromatic heterocycles. The zero-order valence-corrected chi connectivity index (χ0v) is 12.7. The molecular weight excluding hydrogens is 369 g/mol. The number of benzene rings is 1. The van der Waals surface area contributed by atoms with Crippen molar-refractivity contribution in [1.82, 2.24) is 10.2 Å². The average Bonchev–Trinajstić information content (AvgIpc) is 2.79. The van der Waals surface area contributed by atoms with Crippen LogP contribution in [0, 0.1) is 5.82 Å². The summed E-state index contributed by atoms with van der Waals surface area (Å²) in [5.41, 5.74) is -0.681. The number of halogens is 4. The minimum absolute atomic E-state index is 0.219. The second-order valence-corrected chi connectivity index (χ2v) is 5.75. The third-order valence-corrected chi connectivity index (χ3v) is 3.83. The van der Waals surface area contributed by atoms with Crippen LogP contribution in [0.25, 0.3) is 0 Å². The first-order valence-electron chi connectivity index (χ1n) is 6.30. The van der Waals surface area contributed by atoms with Crippen molar-refractivity contribution in [2.45, 2.75) is 18.9 Å². The fraction of sp³-hybridized carbons (Fsp3) is 0.385. The number of alkyl halides is 2. The summed E-state index contributed by atoms with van der Waals surface area (Å²) in [5.74, 6) is -1.75. The van der Waals surface area contributed by atoms with Gasteiger partial charge in [-0.25, -0.2) is 18.0 Å². The average molecular weight is 381 g/mol. The Hall–Kier alpha value is -1.77. The molecule has 2 rings (SSSR count). The molecule has 0 bridgehead atoms. The Kier molecular flexibility index (Phi) is 4.94. The molecule has 0 unspecified atom stereocenters. The lowest BCUT2D eigenvalue weighted by Crippen LogP contribution is -2.42. The molecule has 1 heterocycles. The van der Waals surface area contributed by atoms with Gasteiger partial charge in [0.2, 0.25) is 0 Å². The van der Waals surface area contributed by atoms with Crippen LogP contribution < -0.4 is 5.32 Å². The molecule has 1 saturated heterocycles. The molecule has 0 aliphatic carbocycles. The number of hydrogen-bond acceptors (Lipinski definition) is 2. The van der Waals surface area contributed by atoms with Crippen LogP contribution in [0.1, 0.15) is 15.9 Å². The molecule has 0 spiro atoms. The van der Waals surface area contributed by atoms with Crippen molar-refractivity contribution in [3.63, 3.8) is 0 Å². The van der Waals surface area contributed by atoms with Crippen molar-refractivity contribution in [3.8, 4) is 0 Å². The molecule has 0 radical (unpaired) electrons. The van der Waals surface area contributed by atoms with Gasteiger partial charge in [-0.15, -0.1) is 0 Å². The van der Waals surface area contributed by atoms with E-state index in [2.05, 4.69) is 21.2 Å². The van der Waals surface area contributed by atoms with Crippen molar-refractivity contribution in [3.05, 3.63) is 33.5 Å². The lowest BCUT2D eigenvalue weighted by molar-refractivity contribution is 0.0920. The molecule has 2 N–H and O–H groups in total. The fourth-order valence-corrected chi connectivity index (χ4v) is 2.67. The quantitative estimate of drug-likeness (QED) is 0.846. The van der Waals surface area contributed by atoms with Gasteiger partial charge in [-0.1, -0.05) is 15.9 Å². The molecule has 9 heteroatoms. The largest absolute Gasteiger partial charge is 0.465 e. The molecule has 2 atom stereocenters. The molecule has 1 aromatic rings. The van der Waals surface area contributed by atoms with E-state index in [9.17, 15) is 22.8 Å². The Morgan fingerprint density at radius 2 is 2.09 bits per heavy atom. The fourth-order valence-electron chi connectivity index (χ4n) is 2.24. The first-order valence-corrected chi connectivity index (χ1v) is 7.09. The van der Waals surface area contributed by atoms with Gasteiger partial charge in [0.25, 0.3) is 5.91 Å². The summed E-state index contributed by atoms with van der Waals surface area (Å²) in [5, 5.41) is 11.1. The maximum absolute atomic E-state index is 13.7. The standard InChI is InChI=1S/C13H12BrF3N2O3/c14-6-1-7(8(3-15)9(16)2-6)12(20)18-11-5-19(13(21)22)4-10(11)17/h1-2,10-11H,3-5H2,(H,18,20)(H,21,22)/t10-,11+/m0/s1. The first-order chi connectivity index (χ1) is 10.3. The SMILES string of the molecule is O=C(N[C@@H]1CN(C(=O)O)C[C@@H]1F)c1cc(Br)cc(F)c1CF. The highest BCUT2D eigenvalue weighted by Gasteiger charge is 2.36. The Morgan fingerprint density at radius 3 is 2.64 bits per heavy atom. The van der Waals surface area contributed by atoms with Crippen LogP contribution in [0.4, 0.5) is 18.0 Å². The molecule has 0 saturated carbocycles. The Morgan fingerprint density at radius 1 is 1.41 bits per heavy atom. The predicted molar refractivity (Wildman–Crippen MR) is 74.7 cm³/mol. The van der Waals surface area contributed by atoms with E-state index in [4.69, 9.17) is 5.11 Å². The van der Waals surface area contributed by atoms with Gasteiger partial charge in [0.1, 0.15) is 18.7 Å². The highest BCUT2D eigenvalue weighted by Crippen LogP contribution is 2.22. The van der Waals surface area contributed by atoms with Gasteiger partial charge in [-0.3, -0.25) is 4.79 Å². The van der Waals surface area contributed by atoms with E-state index < -0.39 is 42.3 Å². The second kappa shape index (κ2) is 6.55. The molecule has 22 heavy (non-hydrogen) atoms. The Labute approximate surface area is 132 Å². The van der Waals surface area contributed by atoms with Crippen molar-refractivity contribution in [2.24, 2.45) is 0 Å². The highest BCUT2D eigenvalue weighted by atomic mass is 79.9. The Balaban J connectivity index is 2.18. The number of carboxylic acid groups (broad SMARTS) is 1. The number of rotatable bonds is 3. The third-order valence-electron chi connectivity index (χ3n) is 3.37. The maximum Gasteiger partial charge on any atom is 0.407 e. The summed E-state index contributed by atoms with van der Waals surface area (Å²) in [7, 11) is 0. The summed E-state index contributed by atoms with van der Waals surface area (Å²) in [6.45, 7) is -1.76. The van der Waals surface area contributed by atoms with E-state index >= 15 is 0 Å². The van der Waals surface area contributed by atoms with Gasteiger partial charge in [-0.2, -0.15) is 0 Å². The lowest BCUT2D eigenvalue weighted by atomic mass is 10.1. The number of likely N-dealkylation sites (tertiary alicyclic amines) is 1. The molecule has 1 fully saturated rings. The van der Waals surface area contributed by atoms with Gasteiger partial charge in [0, 0.05) is 22.1 Å². The normalized spacial score (nSPS) is 21.0. The van der Waals surface area contributed by atoms with Crippen molar-refractivity contribution in [1.29, 1.82) is 0 Å². The molecule has 2 amide bonds. The van der Waals surface area contributed by atoms with Crippen molar-refractivity contribution < 1.29 is 27.9 Å². The van der Waals surface area contributed by atoms with E-state index in [0.717, 1.165) is 11.0 Å². The summed E-state index contributed by atoms with van der Waals surface area (Å²) in [6, 6.07) is 1.19. The van der Waals surface area contributed by atoms with E-state index in [1.807, 2.05) is 0 Å². The van der Waals surface area contributed by atoms with Crippen molar-refractivity contribution >= 4 is 27.9 Å². The molecule has 1 aliphatic rings. The minimum Gasteiger partial charge on any atom is -0.465 e. The minimum atomic E-state index is -1.58. The van der Waals surface area contributed by atoms with Crippen LogP contribution in [0.2, 0.25) is 0 Å². The van der Waals surface area contributed by atoms with E-state index in [0.29, 0.717) is 0 Å². The first kappa shape index (κ1) is 16.6.